The molecule has 0 aromatic heterocycles. The first-order valence-electron chi connectivity index (χ1n) is 10.9. The number of hydrogen-bond donors (Lipinski definition) is 1. The molecule has 1 aliphatic heterocycles. The van der Waals surface area contributed by atoms with Gasteiger partial charge in [0, 0.05) is 29.3 Å². The molecule has 0 fully saturated rings. The van der Waals surface area contributed by atoms with Crippen LogP contribution in [-0.2, 0) is 14.3 Å². The molecule has 0 unspecified atom stereocenters. The first kappa shape index (κ1) is 22.9. The highest BCUT2D eigenvalue weighted by molar-refractivity contribution is 6.04. The van der Waals surface area contributed by atoms with Gasteiger partial charge in [-0.3, -0.25) is 4.79 Å². The Bertz CT molecular complexity index is 941. The zero-order valence-electron chi connectivity index (χ0n) is 19.4. The lowest BCUT2D eigenvalue weighted by molar-refractivity contribution is -0.138. The lowest BCUT2D eigenvalue weighted by Crippen LogP contribution is -2.38. The molecule has 1 aliphatic carbocycles. The third kappa shape index (κ3) is 4.63. The predicted molar refractivity (Wildman–Crippen MR) is 119 cm³/mol. The van der Waals surface area contributed by atoms with Crippen molar-refractivity contribution in [3.8, 4) is 11.5 Å². The van der Waals surface area contributed by atoms with E-state index in [9.17, 15) is 9.59 Å². The Morgan fingerprint density at radius 1 is 1.19 bits per heavy atom. The zero-order chi connectivity index (χ0) is 22.8. The van der Waals surface area contributed by atoms with Gasteiger partial charge in [-0.1, -0.05) is 26.8 Å². The number of carbonyl (C=O) groups is 2. The first-order chi connectivity index (χ1) is 14.7. The number of esters is 1. The molecule has 1 atom stereocenters. The third-order valence-corrected chi connectivity index (χ3v) is 5.72. The number of dihydropyridines is 1. The van der Waals surface area contributed by atoms with Crippen molar-refractivity contribution in [2.24, 2.45) is 5.41 Å². The van der Waals surface area contributed by atoms with Crippen LogP contribution in [0.25, 0.3) is 0 Å². The fourth-order valence-corrected chi connectivity index (χ4v) is 4.44. The van der Waals surface area contributed by atoms with Crippen molar-refractivity contribution in [2.75, 3.05) is 20.3 Å². The van der Waals surface area contributed by atoms with Crippen LogP contribution in [0.4, 0.5) is 0 Å². The van der Waals surface area contributed by atoms with Crippen LogP contribution in [0, 0.1) is 5.41 Å². The standard InChI is InChI=1S/C25H33NO5/c1-7-11-31-19-10-9-16(12-20(19)29-6)22-21(24(28)30-8-2)15(3)26-17-13-25(4,5)14-18(27)23(17)22/h9-10,12,22,26H,7-8,11,13-14H2,1-6H3/t22-/m0/s1. The van der Waals surface area contributed by atoms with Gasteiger partial charge in [-0.05, 0) is 49.8 Å². The average molecular weight is 428 g/mol. The van der Waals surface area contributed by atoms with Crippen molar-refractivity contribution in [1.29, 1.82) is 0 Å². The fourth-order valence-electron chi connectivity index (χ4n) is 4.44. The van der Waals surface area contributed by atoms with E-state index in [1.54, 1.807) is 14.0 Å². The van der Waals surface area contributed by atoms with Crippen LogP contribution in [-0.4, -0.2) is 32.1 Å². The molecule has 31 heavy (non-hydrogen) atoms. The molecular weight excluding hydrogens is 394 g/mol. The topological polar surface area (TPSA) is 73.9 Å². The Hall–Kier alpha value is -2.76. The number of nitrogens with one attached hydrogen (secondary N) is 1. The summed E-state index contributed by atoms with van der Waals surface area (Å²) in [6, 6.07) is 5.63. The van der Waals surface area contributed by atoms with Crippen LogP contribution >= 0.6 is 0 Å². The normalized spacial score (nSPS) is 20.2. The largest absolute Gasteiger partial charge is 0.493 e. The molecule has 0 bridgehead atoms. The highest BCUT2D eigenvalue weighted by Crippen LogP contribution is 2.47. The Labute approximate surface area is 184 Å². The van der Waals surface area contributed by atoms with E-state index in [0.717, 1.165) is 29.8 Å². The minimum absolute atomic E-state index is 0.0586. The molecule has 1 aromatic rings. The summed E-state index contributed by atoms with van der Waals surface area (Å²) in [7, 11) is 1.59. The summed E-state index contributed by atoms with van der Waals surface area (Å²) in [5, 5.41) is 3.34. The number of rotatable bonds is 7. The van der Waals surface area contributed by atoms with E-state index in [4.69, 9.17) is 14.2 Å². The van der Waals surface area contributed by atoms with Crippen molar-refractivity contribution in [3.63, 3.8) is 0 Å². The third-order valence-electron chi connectivity index (χ3n) is 5.72. The van der Waals surface area contributed by atoms with Crippen LogP contribution < -0.4 is 14.8 Å². The summed E-state index contributed by atoms with van der Waals surface area (Å²) >= 11 is 0. The van der Waals surface area contributed by atoms with Crippen molar-refractivity contribution in [1.82, 2.24) is 5.32 Å². The van der Waals surface area contributed by atoms with E-state index in [2.05, 4.69) is 19.2 Å². The number of ketones is 1. The predicted octanol–water partition coefficient (Wildman–Crippen LogP) is 4.65. The van der Waals surface area contributed by atoms with Gasteiger partial charge in [0.25, 0.3) is 0 Å². The number of carbonyl (C=O) groups excluding carboxylic acids is 2. The molecule has 2 aliphatic rings. The summed E-state index contributed by atoms with van der Waals surface area (Å²) in [5.74, 6) is 0.366. The quantitative estimate of drug-likeness (QED) is 0.639. The minimum Gasteiger partial charge on any atom is -0.493 e. The lowest BCUT2D eigenvalue weighted by atomic mass is 9.68. The summed E-state index contributed by atoms with van der Waals surface area (Å²) in [6.45, 7) is 10.7. The van der Waals surface area contributed by atoms with Crippen molar-refractivity contribution < 1.29 is 23.8 Å². The van der Waals surface area contributed by atoms with E-state index >= 15 is 0 Å². The molecule has 1 aromatic carbocycles. The van der Waals surface area contributed by atoms with E-state index in [1.807, 2.05) is 32.0 Å². The van der Waals surface area contributed by atoms with E-state index in [-0.39, 0.29) is 17.8 Å². The number of benzene rings is 1. The molecule has 3 rings (SSSR count). The summed E-state index contributed by atoms with van der Waals surface area (Å²) in [6.07, 6.45) is 2.06. The monoisotopic (exact) mass is 427 g/mol. The van der Waals surface area contributed by atoms with Gasteiger partial charge in [0.1, 0.15) is 0 Å². The van der Waals surface area contributed by atoms with Crippen LogP contribution in [0.5, 0.6) is 11.5 Å². The highest BCUT2D eigenvalue weighted by Gasteiger charge is 2.43. The van der Waals surface area contributed by atoms with Crippen molar-refractivity contribution in [3.05, 3.63) is 46.3 Å². The Morgan fingerprint density at radius 2 is 1.94 bits per heavy atom. The van der Waals surface area contributed by atoms with Gasteiger partial charge in [-0.25, -0.2) is 4.79 Å². The maximum absolute atomic E-state index is 13.3. The van der Waals surface area contributed by atoms with Crippen molar-refractivity contribution in [2.45, 2.75) is 59.8 Å². The molecule has 1 heterocycles. The molecular formula is C25H33NO5. The molecule has 0 amide bonds. The summed E-state index contributed by atoms with van der Waals surface area (Å²) in [5.41, 5.74) is 3.41. The maximum atomic E-state index is 13.3. The first-order valence-corrected chi connectivity index (χ1v) is 10.9. The van der Waals surface area contributed by atoms with Gasteiger partial charge in [0.2, 0.25) is 0 Å². The fraction of sp³-hybridized carbons (Fsp3) is 0.520. The number of Topliss-reactive ketones (excluding diaryl/α,β-unsaturated/α-hetero) is 1. The van der Waals surface area contributed by atoms with Gasteiger partial charge in [-0.2, -0.15) is 0 Å². The SMILES string of the molecule is CCCOc1ccc([C@H]2C(C(=O)OCC)=C(C)NC3=C2C(=O)CC(C)(C)C3)cc1OC. The van der Waals surface area contributed by atoms with E-state index < -0.39 is 11.9 Å². The van der Waals surface area contributed by atoms with E-state index in [1.165, 1.54) is 0 Å². The van der Waals surface area contributed by atoms with Gasteiger partial charge < -0.3 is 19.5 Å². The van der Waals surface area contributed by atoms with Crippen LogP contribution in [0.1, 0.15) is 65.4 Å². The molecule has 1 N–H and O–H groups in total. The molecule has 6 nitrogen and oxygen atoms in total. The highest BCUT2D eigenvalue weighted by atomic mass is 16.5. The van der Waals surface area contributed by atoms with Gasteiger partial charge >= 0.3 is 5.97 Å². The average Bonchev–Trinajstić information content (AvgIpc) is 2.70. The molecule has 0 spiro atoms. The lowest BCUT2D eigenvalue weighted by Gasteiger charge is -2.39. The molecule has 168 valence electrons. The second-order valence-electron chi connectivity index (χ2n) is 8.91. The smallest absolute Gasteiger partial charge is 0.336 e. The Balaban J connectivity index is 2.15. The summed E-state index contributed by atoms with van der Waals surface area (Å²) < 4.78 is 16.7. The van der Waals surface area contributed by atoms with Gasteiger partial charge in [0.05, 0.1) is 25.9 Å². The Morgan fingerprint density at radius 3 is 2.58 bits per heavy atom. The molecule has 0 saturated carbocycles. The van der Waals surface area contributed by atoms with Crippen molar-refractivity contribution >= 4 is 11.8 Å². The van der Waals surface area contributed by atoms with Crippen LogP contribution in [0.3, 0.4) is 0 Å². The summed E-state index contributed by atoms with van der Waals surface area (Å²) in [4.78, 5) is 26.2. The minimum atomic E-state index is -0.506. The zero-order valence-corrected chi connectivity index (χ0v) is 19.4. The van der Waals surface area contributed by atoms with Crippen LogP contribution in [0.15, 0.2) is 40.7 Å². The molecule has 0 radical (unpaired) electrons. The Kier molecular flexibility index (Phi) is 6.77. The molecule has 0 saturated heterocycles. The van der Waals surface area contributed by atoms with Crippen LogP contribution in [0.2, 0.25) is 0 Å². The second-order valence-corrected chi connectivity index (χ2v) is 8.91. The molecule has 6 heteroatoms. The number of ether oxygens (including phenoxy) is 3. The number of methoxy groups -OCH3 is 1. The maximum Gasteiger partial charge on any atom is 0.336 e. The second kappa shape index (κ2) is 9.16. The number of hydrogen-bond acceptors (Lipinski definition) is 6. The number of allylic oxidation sites excluding steroid dienone is 3. The van der Waals surface area contributed by atoms with Gasteiger partial charge in [0.15, 0.2) is 17.3 Å². The van der Waals surface area contributed by atoms with E-state index in [0.29, 0.717) is 35.7 Å². The van der Waals surface area contributed by atoms with Gasteiger partial charge in [-0.15, -0.1) is 0 Å².